The highest BCUT2D eigenvalue weighted by Gasteiger charge is 2.20. The summed E-state index contributed by atoms with van der Waals surface area (Å²) in [6.45, 7) is 0.378. The molecule has 1 amide bonds. The number of halogens is 2. The van der Waals surface area contributed by atoms with Gasteiger partial charge in [0.05, 0.1) is 5.02 Å². The molecular weight excluding hydrogens is 427 g/mol. The molecule has 0 fully saturated rings. The van der Waals surface area contributed by atoms with Gasteiger partial charge in [-0.25, -0.2) is 17.5 Å². The number of sulfonamides is 1. The third-order valence-electron chi connectivity index (χ3n) is 4.38. The normalized spacial score (nSPS) is 11.3. The smallest absolute Gasteiger partial charge is 0.251 e. The van der Waals surface area contributed by atoms with E-state index in [0.717, 1.165) is 11.1 Å². The monoisotopic (exact) mass is 446 g/mol. The Morgan fingerprint density at radius 3 is 2.40 bits per heavy atom. The second-order valence-corrected chi connectivity index (χ2v) is 8.73. The van der Waals surface area contributed by atoms with E-state index >= 15 is 0 Å². The summed E-state index contributed by atoms with van der Waals surface area (Å²) in [5.74, 6) is -0.781. The average molecular weight is 447 g/mol. The topological polar surface area (TPSA) is 75.3 Å². The molecule has 0 saturated heterocycles. The first-order chi connectivity index (χ1) is 14.3. The Labute approximate surface area is 179 Å². The Hall–Kier alpha value is -2.74. The maximum Gasteiger partial charge on any atom is 0.251 e. The summed E-state index contributed by atoms with van der Waals surface area (Å²) in [6, 6.07) is 19.2. The highest BCUT2D eigenvalue weighted by Crippen LogP contribution is 2.23. The van der Waals surface area contributed by atoms with E-state index < -0.39 is 15.9 Å². The molecule has 3 aromatic rings. The first kappa shape index (κ1) is 22.0. The summed E-state index contributed by atoms with van der Waals surface area (Å²) in [5, 5.41) is 2.72. The maximum atomic E-state index is 13.2. The van der Waals surface area contributed by atoms with Gasteiger partial charge in [0.2, 0.25) is 10.0 Å². The van der Waals surface area contributed by atoms with Gasteiger partial charge < -0.3 is 5.32 Å². The van der Waals surface area contributed by atoms with Crippen LogP contribution in [0.4, 0.5) is 4.39 Å². The van der Waals surface area contributed by atoms with Crippen LogP contribution in [0, 0.1) is 5.82 Å². The molecule has 0 heterocycles. The molecule has 156 valence electrons. The van der Waals surface area contributed by atoms with Gasteiger partial charge in [-0.15, -0.1) is 0 Å². The van der Waals surface area contributed by atoms with E-state index in [1.807, 2.05) is 18.2 Å². The quantitative estimate of drug-likeness (QED) is 0.550. The molecule has 30 heavy (non-hydrogen) atoms. The van der Waals surface area contributed by atoms with Crippen molar-refractivity contribution in [2.75, 3.05) is 6.54 Å². The fourth-order valence-electron chi connectivity index (χ4n) is 2.82. The van der Waals surface area contributed by atoms with Crippen molar-refractivity contribution >= 4 is 27.5 Å². The molecule has 0 aliphatic heterocycles. The molecule has 0 unspecified atom stereocenters. The van der Waals surface area contributed by atoms with Gasteiger partial charge in [0.15, 0.2) is 0 Å². The summed E-state index contributed by atoms with van der Waals surface area (Å²) < 4.78 is 41.0. The second-order valence-electron chi connectivity index (χ2n) is 6.59. The van der Waals surface area contributed by atoms with Crippen molar-refractivity contribution in [2.45, 2.75) is 17.9 Å². The van der Waals surface area contributed by atoms with Crippen LogP contribution in [0.2, 0.25) is 5.02 Å². The van der Waals surface area contributed by atoms with Crippen LogP contribution in [0.25, 0.3) is 0 Å². The molecule has 2 N–H and O–H groups in total. The van der Waals surface area contributed by atoms with Gasteiger partial charge in [-0.1, -0.05) is 54.1 Å². The van der Waals surface area contributed by atoms with Crippen molar-refractivity contribution in [3.8, 4) is 0 Å². The summed E-state index contributed by atoms with van der Waals surface area (Å²) in [5.41, 5.74) is 1.71. The zero-order valence-electron chi connectivity index (χ0n) is 15.9. The molecule has 0 aromatic heterocycles. The largest absolute Gasteiger partial charge is 0.352 e. The molecule has 0 aliphatic carbocycles. The highest BCUT2D eigenvalue weighted by atomic mass is 35.5. The lowest BCUT2D eigenvalue weighted by Crippen LogP contribution is -2.27. The number of carbonyl (C=O) groups is 1. The van der Waals surface area contributed by atoms with Crippen LogP contribution in [0.1, 0.15) is 21.5 Å². The number of amides is 1. The van der Waals surface area contributed by atoms with Gasteiger partial charge in [-0.2, -0.15) is 0 Å². The minimum absolute atomic E-state index is 0.0203. The Morgan fingerprint density at radius 1 is 0.933 bits per heavy atom. The summed E-state index contributed by atoms with van der Waals surface area (Å²) in [6.07, 6.45) is 0.445. The number of hydrogen-bond donors (Lipinski definition) is 2. The van der Waals surface area contributed by atoms with Crippen LogP contribution in [-0.4, -0.2) is 20.9 Å². The fourth-order valence-corrected chi connectivity index (χ4v) is 4.36. The van der Waals surface area contributed by atoms with Crippen LogP contribution >= 0.6 is 11.6 Å². The number of rotatable bonds is 8. The van der Waals surface area contributed by atoms with Crippen molar-refractivity contribution in [1.29, 1.82) is 0 Å². The van der Waals surface area contributed by atoms with E-state index in [1.54, 1.807) is 24.3 Å². The average Bonchev–Trinajstić information content (AvgIpc) is 2.73. The van der Waals surface area contributed by atoms with Crippen molar-refractivity contribution < 1.29 is 17.6 Å². The van der Waals surface area contributed by atoms with Crippen molar-refractivity contribution in [3.05, 3.63) is 100 Å². The third kappa shape index (κ3) is 5.89. The minimum Gasteiger partial charge on any atom is -0.352 e. The van der Waals surface area contributed by atoms with E-state index in [-0.39, 0.29) is 34.4 Å². The lowest BCUT2D eigenvalue weighted by Gasteiger charge is -2.11. The standard InChI is InChI=1S/C22H20ClFN2O3S/c23-20-10-9-18(22(27)25-12-11-16-7-4-8-19(24)13-16)14-21(20)30(28,29)26-15-17-5-2-1-3-6-17/h1-10,13-14,26H,11-12,15H2,(H,25,27). The van der Waals surface area contributed by atoms with Gasteiger partial charge >= 0.3 is 0 Å². The lowest BCUT2D eigenvalue weighted by atomic mass is 10.1. The predicted molar refractivity (Wildman–Crippen MR) is 114 cm³/mol. The Morgan fingerprint density at radius 2 is 1.67 bits per heavy atom. The fraction of sp³-hybridized carbons (Fsp3) is 0.136. The van der Waals surface area contributed by atoms with Gasteiger partial charge in [0.1, 0.15) is 10.7 Å². The van der Waals surface area contributed by atoms with E-state index in [1.165, 1.54) is 30.3 Å². The molecule has 3 aromatic carbocycles. The Bertz CT molecular complexity index is 1140. The summed E-state index contributed by atoms with van der Waals surface area (Å²) >= 11 is 6.08. The van der Waals surface area contributed by atoms with Gasteiger partial charge in [-0.3, -0.25) is 4.79 Å². The Balaban J connectivity index is 1.66. The maximum absolute atomic E-state index is 13.2. The van der Waals surface area contributed by atoms with Crippen molar-refractivity contribution in [3.63, 3.8) is 0 Å². The molecule has 5 nitrogen and oxygen atoms in total. The summed E-state index contributed by atoms with van der Waals surface area (Å²) in [7, 11) is -3.92. The van der Waals surface area contributed by atoms with Crippen molar-refractivity contribution in [1.82, 2.24) is 10.0 Å². The van der Waals surface area contributed by atoms with E-state index in [0.29, 0.717) is 6.42 Å². The molecular formula is C22H20ClFN2O3S. The zero-order valence-corrected chi connectivity index (χ0v) is 17.5. The molecule has 0 spiro atoms. The number of nitrogens with one attached hydrogen (secondary N) is 2. The second kappa shape index (κ2) is 9.84. The van der Waals surface area contributed by atoms with Crippen molar-refractivity contribution in [2.24, 2.45) is 0 Å². The molecule has 8 heteroatoms. The molecule has 0 radical (unpaired) electrons. The third-order valence-corrected chi connectivity index (χ3v) is 6.26. The summed E-state index contributed by atoms with van der Waals surface area (Å²) in [4.78, 5) is 12.3. The number of hydrogen-bond acceptors (Lipinski definition) is 3. The van der Waals surface area contributed by atoms with E-state index in [9.17, 15) is 17.6 Å². The van der Waals surface area contributed by atoms with Gasteiger partial charge in [-0.05, 0) is 47.9 Å². The first-order valence-electron chi connectivity index (χ1n) is 9.21. The predicted octanol–water partition coefficient (Wildman–Crippen LogP) is 3.93. The zero-order chi connectivity index (χ0) is 21.6. The van der Waals surface area contributed by atoms with Crippen LogP contribution in [0.3, 0.4) is 0 Å². The van der Waals surface area contributed by atoms with E-state index in [4.69, 9.17) is 11.6 Å². The minimum atomic E-state index is -3.92. The Kier molecular flexibility index (Phi) is 7.20. The molecule has 0 aliphatic rings. The van der Waals surface area contributed by atoms with Crippen LogP contribution in [0.5, 0.6) is 0 Å². The van der Waals surface area contributed by atoms with Gasteiger partial charge in [0.25, 0.3) is 5.91 Å². The van der Waals surface area contributed by atoms with Crippen LogP contribution in [-0.2, 0) is 23.0 Å². The molecule has 0 atom stereocenters. The van der Waals surface area contributed by atoms with Crippen LogP contribution < -0.4 is 10.0 Å². The number of benzene rings is 3. The molecule has 0 saturated carbocycles. The molecule has 0 bridgehead atoms. The van der Waals surface area contributed by atoms with Gasteiger partial charge in [0, 0.05) is 18.7 Å². The molecule has 3 rings (SSSR count). The SMILES string of the molecule is O=C(NCCc1cccc(F)c1)c1ccc(Cl)c(S(=O)(=O)NCc2ccccc2)c1. The highest BCUT2D eigenvalue weighted by molar-refractivity contribution is 7.89. The van der Waals surface area contributed by atoms with Crippen LogP contribution in [0.15, 0.2) is 77.7 Å². The van der Waals surface area contributed by atoms with E-state index in [2.05, 4.69) is 10.0 Å². The number of carbonyl (C=O) groups excluding carboxylic acids is 1. The lowest BCUT2D eigenvalue weighted by molar-refractivity contribution is 0.0954. The first-order valence-corrected chi connectivity index (χ1v) is 11.1.